The Hall–Kier alpha value is -2.39. The van der Waals surface area contributed by atoms with Crippen LogP contribution in [0.5, 0.6) is 0 Å². The molecule has 2 rings (SSSR count). The zero-order valence-corrected chi connectivity index (χ0v) is 16.5. The van der Waals surface area contributed by atoms with Crippen molar-refractivity contribution in [1.29, 1.82) is 0 Å². The number of ether oxygens (including phenoxy) is 1. The third-order valence-corrected chi connectivity index (χ3v) is 4.14. The van der Waals surface area contributed by atoms with Gasteiger partial charge in [-0.2, -0.15) is 0 Å². The maximum absolute atomic E-state index is 14.5. The molecule has 146 valence electrons. The molecule has 27 heavy (non-hydrogen) atoms. The third kappa shape index (κ3) is 5.54. The van der Waals surface area contributed by atoms with Gasteiger partial charge in [-0.3, -0.25) is 9.59 Å². The lowest BCUT2D eigenvalue weighted by Crippen LogP contribution is -2.50. The van der Waals surface area contributed by atoms with Crippen molar-refractivity contribution in [3.8, 4) is 0 Å². The molecular formula is C18H23FN4O3S. The summed E-state index contributed by atoms with van der Waals surface area (Å²) in [6, 6.07) is 4.74. The van der Waals surface area contributed by atoms with E-state index < -0.39 is 29.2 Å². The Morgan fingerprint density at radius 1 is 1.33 bits per heavy atom. The fourth-order valence-corrected chi connectivity index (χ4v) is 2.96. The van der Waals surface area contributed by atoms with Gasteiger partial charge in [0.25, 0.3) is 5.91 Å². The van der Waals surface area contributed by atoms with Gasteiger partial charge in [0.05, 0.1) is 6.61 Å². The molecule has 1 atom stereocenters. The van der Waals surface area contributed by atoms with E-state index in [9.17, 15) is 14.0 Å². The SMILES string of the molecule is COCCN(C(=O)c1csnn1)[C@@H](C(=O)NC(C)(C)C)c1ccccc1F. The van der Waals surface area contributed by atoms with E-state index >= 15 is 0 Å². The van der Waals surface area contributed by atoms with Crippen LogP contribution in [0.1, 0.15) is 42.9 Å². The predicted molar refractivity (Wildman–Crippen MR) is 99.9 cm³/mol. The Labute approximate surface area is 161 Å². The molecule has 0 saturated heterocycles. The second kappa shape index (κ2) is 9.01. The Morgan fingerprint density at radius 2 is 2.04 bits per heavy atom. The quantitative estimate of drug-likeness (QED) is 0.780. The highest BCUT2D eigenvalue weighted by Crippen LogP contribution is 2.26. The van der Waals surface area contributed by atoms with Crippen LogP contribution in [0.25, 0.3) is 0 Å². The summed E-state index contributed by atoms with van der Waals surface area (Å²) < 4.78 is 23.3. The first-order valence-corrected chi connectivity index (χ1v) is 9.21. The Kier molecular flexibility index (Phi) is 6.98. The molecule has 0 aliphatic heterocycles. The zero-order chi connectivity index (χ0) is 20.0. The topological polar surface area (TPSA) is 84.4 Å². The third-order valence-electron chi connectivity index (χ3n) is 3.63. The van der Waals surface area contributed by atoms with Gasteiger partial charge in [-0.05, 0) is 38.4 Å². The van der Waals surface area contributed by atoms with Crippen molar-refractivity contribution in [2.75, 3.05) is 20.3 Å². The van der Waals surface area contributed by atoms with E-state index in [1.54, 1.807) is 6.07 Å². The van der Waals surface area contributed by atoms with E-state index in [1.807, 2.05) is 20.8 Å². The summed E-state index contributed by atoms with van der Waals surface area (Å²) in [6.07, 6.45) is 0. The molecule has 9 heteroatoms. The first-order valence-electron chi connectivity index (χ1n) is 8.38. The summed E-state index contributed by atoms with van der Waals surface area (Å²) in [4.78, 5) is 27.3. The average molecular weight is 394 g/mol. The minimum atomic E-state index is -1.17. The van der Waals surface area contributed by atoms with Crippen molar-refractivity contribution >= 4 is 23.3 Å². The fourth-order valence-electron chi connectivity index (χ4n) is 2.53. The minimum Gasteiger partial charge on any atom is -0.383 e. The van der Waals surface area contributed by atoms with Crippen molar-refractivity contribution in [3.63, 3.8) is 0 Å². The van der Waals surface area contributed by atoms with Gasteiger partial charge < -0.3 is 15.0 Å². The number of rotatable bonds is 7. The molecule has 0 fully saturated rings. The molecule has 2 amide bonds. The van der Waals surface area contributed by atoms with Gasteiger partial charge in [0.2, 0.25) is 5.91 Å². The van der Waals surface area contributed by atoms with Crippen LogP contribution in [0.4, 0.5) is 4.39 Å². The normalized spacial score (nSPS) is 12.5. The van der Waals surface area contributed by atoms with Gasteiger partial charge in [0, 0.05) is 30.1 Å². The number of benzene rings is 1. The fraction of sp³-hybridized carbons (Fsp3) is 0.444. The Morgan fingerprint density at radius 3 is 2.59 bits per heavy atom. The van der Waals surface area contributed by atoms with Crippen LogP contribution in [-0.2, 0) is 9.53 Å². The molecule has 1 N–H and O–H groups in total. The molecule has 0 bridgehead atoms. The Bertz CT molecular complexity index is 777. The van der Waals surface area contributed by atoms with Crippen LogP contribution >= 0.6 is 11.5 Å². The molecule has 1 aromatic heterocycles. The smallest absolute Gasteiger partial charge is 0.276 e. The molecule has 2 aromatic rings. The molecule has 0 radical (unpaired) electrons. The maximum Gasteiger partial charge on any atom is 0.276 e. The first kappa shape index (κ1) is 20.9. The standard InChI is InChI=1S/C18H23FN4O3S/c1-18(2,3)20-16(24)15(12-7-5-6-8-13(12)19)23(9-10-26-4)17(25)14-11-27-22-21-14/h5-8,11,15H,9-10H2,1-4H3,(H,20,24)/t15-/m1/s1. The van der Waals surface area contributed by atoms with Crippen molar-refractivity contribution in [3.05, 3.63) is 46.7 Å². The van der Waals surface area contributed by atoms with Gasteiger partial charge in [0.1, 0.15) is 11.9 Å². The van der Waals surface area contributed by atoms with Gasteiger partial charge in [-0.25, -0.2) is 4.39 Å². The molecule has 1 heterocycles. The van der Waals surface area contributed by atoms with Gasteiger partial charge in [0.15, 0.2) is 5.69 Å². The number of carbonyl (C=O) groups is 2. The number of amides is 2. The van der Waals surface area contributed by atoms with Crippen LogP contribution in [0.2, 0.25) is 0 Å². The van der Waals surface area contributed by atoms with Gasteiger partial charge >= 0.3 is 0 Å². The second-order valence-corrected chi connectivity index (χ2v) is 7.55. The summed E-state index contributed by atoms with van der Waals surface area (Å²) >= 11 is 1.02. The number of nitrogens with zero attached hydrogens (tertiary/aromatic N) is 3. The number of nitrogens with one attached hydrogen (secondary N) is 1. The number of aromatic nitrogens is 2. The van der Waals surface area contributed by atoms with Crippen LogP contribution in [-0.4, -0.2) is 52.1 Å². The molecule has 0 aliphatic carbocycles. The average Bonchev–Trinajstić information content (AvgIpc) is 3.12. The van der Waals surface area contributed by atoms with E-state index in [0.717, 1.165) is 11.5 Å². The minimum absolute atomic E-state index is 0.0867. The van der Waals surface area contributed by atoms with Crippen molar-refractivity contribution in [2.45, 2.75) is 32.4 Å². The van der Waals surface area contributed by atoms with Gasteiger partial charge in [-0.15, -0.1) is 5.10 Å². The highest BCUT2D eigenvalue weighted by Gasteiger charge is 2.35. The highest BCUT2D eigenvalue weighted by atomic mass is 32.1. The number of hydrogen-bond donors (Lipinski definition) is 1. The number of methoxy groups -OCH3 is 1. The van der Waals surface area contributed by atoms with E-state index in [0.29, 0.717) is 0 Å². The Balaban J connectivity index is 2.50. The van der Waals surface area contributed by atoms with E-state index in [2.05, 4.69) is 14.9 Å². The molecule has 7 nitrogen and oxygen atoms in total. The number of carbonyl (C=O) groups excluding carboxylic acids is 2. The van der Waals surface area contributed by atoms with Crippen LogP contribution in [0.3, 0.4) is 0 Å². The summed E-state index contributed by atoms with van der Waals surface area (Å²) in [5, 5.41) is 8.11. The van der Waals surface area contributed by atoms with Crippen molar-refractivity contribution < 1.29 is 18.7 Å². The van der Waals surface area contributed by atoms with E-state index in [-0.39, 0.29) is 24.4 Å². The maximum atomic E-state index is 14.5. The molecule has 1 aromatic carbocycles. The molecule has 0 aliphatic rings. The van der Waals surface area contributed by atoms with Crippen LogP contribution < -0.4 is 5.32 Å². The highest BCUT2D eigenvalue weighted by molar-refractivity contribution is 7.03. The summed E-state index contributed by atoms with van der Waals surface area (Å²) in [5.41, 5.74) is -0.355. The lowest BCUT2D eigenvalue weighted by Gasteiger charge is -2.33. The monoisotopic (exact) mass is 394 g/mol. The van der Waals surface area contributed by atoms with Gasteiger partial charge in [-0.1, -0.05) is 22.7 Å². The first-order chi connectivity index (χ1) is 12.7. The second-order valence-electron chi connectivity index (χ2n) is 6.94. The molecule has 0 unspecified atom stereocenters. The molecule has 0 spiro atoms. The van der Waals surface area contributed by atoms with E-state index in [4.69, 9.17) is 4.74 Å². The summed E-state index contributed by atoms with van der Waals surface area (Å²) in [5.74, 6) is -1.57. The number of hydrogen-bond acceptors (Lipinski definition) is 6. The lowest BCUT2D eigenvalue weighted by atomic mass is 10.0. The van der Waals surface area contributed by atoms with Crippen LogP contribution in [0.15, 0.2) is 29.6 Å². The predicted octanol–water partition coefficient (Wildman–Crippen LogP) is 2.42. The number of halogens is 1. The summed E-state index contributed by atoms with van der Waals surface area (Å²) in [7, 11) is 1.49. The summed E-state index contributed by atoms with van der Waals surface area (Å²) in [6.45, 7) is 5.71. The van der Waals surface area contributed by atoms with E-state index in [1.165, 1.54) is 35.6 Å². The van der Waals surface area contributed by atoms with Crippen molar-refractivity contribution in [2.24, 2.45) is 0 Å². The largest absolute Gasteiger partial charge is 0.383 e. The van der Waals surface area contributed by atoms with Crippen LogP contribution in [0, 0.1) is 5.82 Å². The molecular weight excluding hydrogens is 371 g/mol. The lowest BCUT2D eigenvalue weighted by molar-refractivity contribution is -0.127. The van der Waals surface area contributed by atoms with Crippen molar-refractivity contribution in [1.82, 2.24) is 19.8 Å². The zero-order valence-electron chi connectivity index (χ0n) is 15.7. The molecule has 0 saturated carbocycles.